The molecule has 0 N–H and O–H groups in total. The molecule has 0 saturated heterocycles. The van der Waals surface area contributed by atoms with E-state index in [1.807, 2.05) is 0 Å². The van der Waals surface area contributed by atoms with Crippen molar-refractivity contribution in [3.05, 3.63) is 22.4 Å². The molecule has 0 radical (unpaired) electrons. The summed E-state index contributed by atoms with van der Waals surface area (Å²) >= 11 is 1.27. The van der Waals surface area contributed by atoms with Crippen LogP contribution in [0.2, 0.25) is 0 Å². The molecule has 0 aromatic carbocycles. The second-order valence-electron chi connectivity index (χ2n) is 2.94. The molecule has 0 aliphatic rings. The van der Waals surface area contributed by atoms with Gasteiger partial charge in [0.2, 0.25) is 0 Å². The van der Waals surface area contributed by atoms with Crippen molar-refractivity contribution in [2.24, 2.45) is 0 Å². The predicted octanol–water partition coefficient (Wildman–Crippen LogP) is 1.75. The zero-order valence-electron chi connectivity index (χ0n) is 8.06. The molecule has 0 bridgehead atoms. The molecule has 1 rings (SSSR count). The van der Waals surface area contributed by atoms with Crippen molar-refractivity contribution in [3.8, 4) is 0 Å². The van der Waals surface area contributed by atoms with Crippen LogP contribution in [0.25, 0.3) is 0 Å². The molecule has 0 saturated carbocycles. The summed E-state index contributed by atoms with van der Waals surface area (Å²) in [5.41, 5.74) is 0. The van der Waals surface area contributed by atoms with Gasteiger partial charge in [0.25, 0.3) is 0 Å². The Labute approximate surface area is 87.7 Å². The average Bonchev–Trinajstić information content (AvgIpc) is 2.68. The lowest BCUT2D eigenvalue weighted by Crippen LogP contribution is -2.28. The number of Topliss-reactive ketones (excluding diaryl/α,β-unsaturated/α-hetero) is 1. The first kappa shape index (κ1) is 11.4. The number of thiophene rings is 1. The van der Waals surface area contributed by atoms with E-state index in [-0.39, 0.29) is 11.5 Å². The fourth-order valence-electron chi connectivity index (χ4n) is 1.03. The summed E-state index contributed by atoms with van der Waals surface area (Å²) in [6.45, 7) is 2.99. The molecule has 0 fully saturated rings. The molecule has 0 aliphatic heterocycles. The Morgan fingerprint density at radius 3 is 2.64 bits per heavy atom. The molecule has 1 aromatic rings. The Hall–Kier alpha value is -0.680. The van der Waals surface area contributed by atoms with Gasteiger partial charge in [0, 0.05) is 5.75 Å². The molecule has 0 amide bonds. The fourth-order valence-corrected chi connectivity index (χ4v) is 2.81. The van der Waals surface area contributed by atoms with Crippen LogP contribution in [0.4, 0.5) is 0 Å². The predicted molar refractivity (Wildman–Crippen MR) is 57.6 cm³/mol. The van der Waals surface area contributed by atoms with Crippen LogP contribution >= 0.6 is 11.3 Å². The molecule has 3 nitrogen and oxygen atoms in total. The van der Waals surface area contributed by atoms with Gasteiger partial charge < -0.3 is 0 Å². The van der Waals surface area contributed by atoms with Gasteiger partial charge in [-0.15, -0.1) is 11.3 Å². The van der Waals surface area contributed by atoms with E-state index in [4.69, 9.17) is 0 Å². The maximum absolute atomic E-state index is 11.6. The molecular weight excluding hydrogens is 220 g/mol. The second-order valence-corrected chi connectivity index (χ2v) is 6.49. The van der Waals surface area contributed by atoms with Gasteiger partial charge >= 0.3 is 0 Å². The van der Waals surface area contributed by atoms with Crippen LogP contribution in [0.3, 0.4) is 0 Å². The van der Waals surface area contributed by atoms with Crippen LogP contribution in [-0.4, -0.2) is 25.2 Å². The van der Waals surface area contributed by atoms with E-state index >= 15 is 0 Å². The molecule has 0 aliphatic carbocycles. The summed E-state index contributed by atoms with van der Waals surface area (Å²) in [5.74, 6) is -0.299. The molecular formula is C9H12O3S2. The first-order valence-electron chi connectivity index (χ1n) is 4.28. The van der Waals surface area contributed by atoms with Gasteiger partial charge in [-0.2, -0.15) is 0 Å². The standard InChI is InChI=1S/C9H12O3S2/c1-3-14(11,12)7(2)9(10)8-5-4-6-13-8/h4-7H,3H2,1-2H3. The van der Waals surface area contributed by atoms with Crippen molar-refractivity contribution in [2.45, 2.75) is 19.1 Å². The number of carbonyl (C=O) groups is 1. The van der Waals surface area contributed by atoms with E-state index < -0.39 is 15.1 Å². The fraction of sp³-hybridized carbons (Fsp3) is 0.444. The second kappa shape index (κ2) is 4.23. The third-order valence-electron chi connectivity index (χ3n) is 2.07. The van der Waals surface area contributed by atoms with E-state index in [0.29, 0.717) is 4.88 Å². The summed E-state index contributed by atoms with van der Waals surface area (Å²) in [5, 5.41) is 0.838. The largest absolute Gasteiger partial charge is 0.292 e. The first-order chi connectivity index (χ1) is 6.49. The quantitative estimate of drug-likeness (QED) is 0.743. The Morgan fingerprint density at radius 2 is 2.21 bits per heavy atom. The van der Waals surface area contributed by atoms with Crippen molar-refractivity contribution >= 4 is 27.0 Å². The topological polar surface area (TPSA) is 51.2 Å². The van der Waals surface area contributed by atoms with Gasteiger partial charge in [0.1, 0.15) is 5.25 Å². The third kappa shape index (κ3) is 2.22. The maximum Gasteiger partial charge on any atom is 0.190 e. The Balaban J connectivity index is 2.92. The van der Waals surface area contributed by atoms with Gasteiger partial charge in [-0.3, -0.25) is 4.79 Å². The van der Waals surface area contributed by atoms with Crippen LogP contribution in [-0.2, 0) is 9.84 Å². The average molecular weight is 232 g/mol. The SMILES string of the molecule is CCS(=O)(=O)C(C)C(=O)c1cccs1. The van der Waals surface area contributed by atoms with Crippen molar-refractivity contribution in [2.75, 3.05) is 5.75 Å². The molecule has 14 heavy (non-hydrogen) atoms. The highest BCUT2D eigenvalue weighted by Gasteiger charge is 2.27. The van der Waals surface area contributed by atoms with Crippen LogP contribution in [0.1, 0.15) is 23.5 Å². The zero-order chi connectivity index (χ0) is 10.8. The molecule has 5 heteroatoms. The zero-order valence-corrected chi connectivity index (χ0v) is 9.69. The summed E-state index contributed by atoms with van der Waals surface area (Å²) in [6, 6.07) is 3.39. The van der Waals surface area contributed by atoms with Crippen molar-refractivity contribution in [3.63, 3.8) is 0 Å². The van der Waals surface area contributed by atoms with Gasteiger partial charge in [-0.1, -0.05) is 13.0 Å². The molecule has 78 valence electrons. The van der Waals surface area contributed by atoms with Crippen LogP contribution in [0.5, 0.6) is 0 Å². The van der Waals surface area contributed by atoms with Crippen molar-refractivity contribution in [1.82, 2.24) is 0 Å². The Bertz CT molecular complexity index is 403. The summed E-state index contributed by atoms with van der Waals surface area (Å²) in [7, 11) is -3.27. The monoisotopic (exact) mass is 232 g/mol. The third-order valence-corrected chi connectivity index (χ3v) is 5.05. The Morgan fingerprint density at radius 1 is 1.57 bits per heavy atom. The number of hydrogen-bond acceptors (Lipinski definition) is 4. The van der Waals surface area contributed by atoms with Gasteiger partial charge in [0.05, 0.1) is 4.88 Å². The Kier molecular flexibility index (Phi) is 3.44. The maximum atomic E-state index is 11.6. The summed E-state index contributed by atoms with van der Waals surface area (Å²) in [6.07, 6.45) is 0. The van der Waals surface area contributed by atoms with Gasteiger partial charge in [0.15, 0.2) is 15.6 Å². The highest BCUT2D eigenvalue weighted by atomic mass is 32.2. The van der Waals surface area contributed by atoms with E-state index in [2.05, 4.69) is 0 Å². The van der Waals surface area contributed by atoms with Crippen molar-refractivity contribution < 1.29 is 13.2 Å². The van der Waals surface area contributed by atoms with Crippen LogP contribution < -0.4 is 0 Å². The molecule has 0 spiro atoms. The molecule has 1 unspecified atom stereocenters. The van der Waals surface area contributed by atoms with E-state index in [1.165, 1.54) is 18.3 Å². The van der Waals surface area contributed by atoms with E-state index in [0.717, 1.165) is 0 Å². The lowest BCUT2D eigenvalue weighted by atomic mass is 10.2. The number of rotatable bonds is 4. The summed E-state index contributed by atoms with van der Waals surface area (Å²) in [4.78, 5) is 12.2. The molecule has 1 heterocycles. The van der Waals surface area contributed by atoms with E-state index in [9.17, 15) is 13.2 Å². The van der Waals surface area contributed by atoms with Crippen LogP contribution in [0, 0.1) is 0 Å². The summed E-state index contributed by atoms with van der Waals surface area (Å²) < 4.78 is 22.8. The smallest absolute Gasteiger partial charge is 0.190 e. The highest BCUT2D eigenvalue weighted by molar-refractivity contribution is 7.92. The number of carbonyl (C=O) groups excluding carboxylic acids is 1. The van der Waals surface area contributed by atoms with Crippen molar-refractivity contribution in [1.29, 1.82) is 0 Å². The van der Waals surface area contributed by atoms with Crippen LogP contribution in [0.15, 0.2) is 17.5 Å². The lowest BCUT2D eigenvalue weighted by Gasteiger charge is -2.08. The minimum Gasteiger partial charge on any atom is -0.292 e. The number of hydrogen-bond donors (Lipinski definition) is 0. The minimum absolute atomic E-state index is 0.00524. The minimum atomic E-state index is -3.27. The lowest BCUT2D eigenvalue weighted by molar-refractivity contribution is 0.0995. The molecule has 1 atom stereocenters. The first-order valence-corrected chi connectivity index (χ1v) is 6.88. The normalized spacial score (nSPS) is 13.9. The number of ketones is 1. The molecule has 1 aromatic heterocycles. The number of sulfone groups is 1. The van der Waals surface area contributed by atoms with Gasteiger partial charge in [-0.05, 0) is 18.4 Å². The van der Waals surface area contributed by atoms with Gasteiger partial charge in [-0.25, -0.2) is 8.42 Å². The van der Waals surface area contributed by atoms with E-state index in [1.54, 1.807) is 24.4 Å². The highest BCUT2D eigenvalue weighted by Crippen LogP contribution is 2.15.